The summed E-state index contributed by atoms with van der Waals surface area (Å²) < 4.78 is 0. The molecule has 0 spiro atoms. The van der Waals surface area contributed by atoms with Crippen LogP contribution in [0.25, 0.3) is 0 Å². The van der Waals surface area contributed by atoms with Crippen LogP contribution >= 0.6 is 0 Å². The number of carbonyl (C=O) groups is 2. The first-order valence-corrected chi connectivity index (χ1v) is 7.07. The van der Waals surface area contributed by atoms with Gasteiger partial charge in [0.05, 0.1) is 0 Å². The van der Waals surface area contributed by atoms with E-state index < -0.39 is 0 Å². The highest BCUT2D eigenvalue weighted by Gasteiger charge is 2.22. The van der Waals surface area contributed by atoms with Gasteiger partial charge in [0.2, 0.25) is 11.8 Å². The Labute approximate surface area is 118 Å². The Hall–Kier alpha value is -2.04. The first-order chi connectivity index (χ1) is 9.66. The molecule has 0 aromatic heterocycles. The van der Waals surface area contributed by atoms with E-state index in [0.717, 1.165) is 31.4 Å². The minimum Gasteiger partial charge on any atom is -0.373 e. The van der Waals surface area contributed by atoms with Gasteiger partial charge in [-0.15, -0.1) is 0 Å². The minimum absolute atomic E-state index is 0.0265. The molecule has 4 N–H and O–H groups in total. The predicted octanol–water partition coefficient (Wildman–Crippen LogP) is 1.19. The maximum absolute atomic E-state index is 12.0. The molecule has 20 heavy (non-hydrogen) atoms. The Balaban J connectivity index is 1.73. The molecular formula is C15H21N3O2. The van der Waals surface area contributed by atoms with Gasteiger partial charge in [0, 0.05) is 18.7 Å². The van der Waals surface area contributed by atoms with E-state index in [9.17, 15) is 9.59 Å². The zero-order chi connectivity index (χ0) is 14.4. The lowest BCUT2D eigenvalue weighted by Gasteiger charge is -2.26. The summed E-state index contributed by atoms with van der Waals surface area (Å²) in [6.07, 6.45) is 3.60. The molecular weight excluding hydrogens is 254 g/mol. The van der Waals surface area contributed by atoms with Crippen molar-refractivity contribution in [2.45, 2.75) is 38.1 Å². The van der Waals surface area contributed by atoms with Gasteiger partial charge in [0.25, 0.3) is 0 Å². The van der Waals surface area contributed by atoms with Crippen molar-refractivity contribution in [2.75, 3.05) is 11.9 Å². The van der Waals surface area contributed by atoms with Crippen molar-refractivity contribution in [3.05, 3.63) is 29.8 Å². The lowest BCUT2D eigenvalue weighted by Crippen LogP contribution is -2.42. The molecule has 0 radical (unpaired) electrons. The highest BCUT2D eigenvalue weighted by molar-refractivity contribution is 5.85. The van der Waals surface area contributed by atoms with Gasteiger partial charge in [0.15, 0.2) is 0 Å². The molecule has 2 amide bonds. The van der Waals surface area contributed by atoms with Crippen LogP contribution in [-0.2, 0) is 16.0 Å². The van der Waals surface area contributed by atoms with Gasteiger partial charge in [-0.05, 0) is 37.3 Å². The first kappa shape index (κ1) is 14.4. The van der Waals surface area contributed by atoms with Gasteiger partial charge in [-0.1, -0.05) is 18.2 Å². The van der Waals surface area contributed by atoms with E-state index >= 15 is 0 Å². The number of nitrogens with one attached hydrogen (secondary N) is 2. The Kier molecular flexibility index (Phi) is 4.98. The summed E-state index contributed by atoms with van der Waals surface area (Å²) >= 11 is 0. The van der Waals surface area contributed by atoms with Gasteiger partial charge in [-0.3, -0.25) is 9.59 Å². The maximum Gasteiger partial charge on any atom is 0.242 e. The van der Waals surface area contributed by atoms with Crippen molar-refractivity contribution in [1.82, 2.24) is 5.32 Å². The average Bonchev–Trinajstić information content (AvgIpc) is 2.46. The number of hydrogen-bond donors (Lipinski definition) is 3. The zero-order valence-corrected chi connectivity index (χ0v) is 11.5. The normalized spacial score (nSPS) is 16.9. The molecule has 1 aromatic rings. The van der Waals surface area contributed by atoms with Gasteiger partial charge >= 0.3 is 0 Å². The third kappa shape index (κ3) is 3.98. The van der Waals surface area contributed by atoms with Crippen LogP contribution in [0.2, 0.25) is 0 Å². The molecule has 1 aliphatic rings. The number of primary amides is 1. The third-order valence-corrected chi connectivity index (χ3v) is 3.52. The van der Waals surface area contributed by atoms with E-state index in [-0.39, 0.29) is 17.9 Å². The third-order valence-electron chi connectivity index (χ3n) is 3.52. The Bertz CT molecular complexity index is 488. The fourth-order valence-corrected chi connectivity index (χ4v) is 2.39. The standard InChI is InChI=1S/C15H21N3O2/c16-14(19)7-3-4-10-17-15(20)13-9-8-11-5-1-2-6-12(11)18-13/h1-2,5-6,13,18H,3-4,7-10H2,(H2,16,19)(H,17,20). The van der Waals surface area contributed by atoms with Crippen LogP contribution in [0.1, 0.15) is 31.2 Å². The van der Waals surface area contributed by atoms with Crippen LogP contribution in [-0.4, -0.2) is 24.4 Å². The molecule has 5 heteroatoms. The second-order valence-electron chi connectivity index (χ2n) is 5.11. The van der Waals surface area contributed by atoms with E-state index in [1.807, 2.05) is 18.2 Å². The fraction of sp³-hybridized carbons (Fsp3) is 0.467. The van der Waals surface area contributed by atoms with Gasteiger partial charge in [-0.2, -0.15) is 0 Å². The lowest BCUT2D eigenvalue weighted by atomic mass is 9.98. The Morgan fingerprint density at radius 3 is 2.90 bits per heavy atom. The van der Waals surface area contributed by atoms with Crippen LogP contribution in [0.15, 0.2) is 24.3 Å². The zero-order valence-electron chi connectivity index (χ0n) is 11.5. The molecule has 0 saturated carbocycles. The van der Waals surface area contributed by atoms with E-state index in [1.54, 1.807) is 0 Å². The summed E-state index contributed by atoms with van der Waals surface area (Å²) in [4.78, 5) is 22.6. The van der Waals surface area contributed by atoms with Crippen molar-refractivity contribution >= 4 is 17.5 Å². The van der Waals surface area contributed by atoms with Crippen molar-refractivity contribution in [1.29, 1.82) is 0 Å². The second-order valence-corrected chi connectivity index (χ2v) is 5.11. The molecule has 108 valence electrons. The number of para-hydroxylation sites is 1. The molecule has 0 bridgehead atoms. The Morgan fingerprint density at radius 1 is 1.30 bits per heavy atom. The van der Waals surface area contributed by atoms with Gasteiger partial charge in [0.1, 0.15) is 6.04 Å². The minimum atomic E-state index is -0.290. The molecule has 2 rings (SSSR count). The van der Waals surface area contributed by atoms with E-state index in [0.29, 0.717) is 13.0 Å². The SMILES string of the molecule is NC(=O)CCCCNC(=O)C1CCc2ccccc2N1. The molecule has 0 aliphatic carbocycles. The number of benzene rings is 1. The molecule has 1 heterocycles. The average molecular weight is 275 g/mol. The van der Waals surface area contributed by atoms with Gasteiger partial charge in [-0.25, -0.2) is 0 Å². The number of nitrogens with two attached hydrogens (primary N) is 1. The molecule has 0 fully saturated rings. The maximum atomic E-state index is 12.0. The van der Waals surface area contributed by atoms with Crippen molar-refractivity contribution in [2.24, 2.45) is 5.73 Å². The topological polar surface area (TPSA) is 84.2 Å². The first-order valence-electron chi connectivity index (χ1n) is 7.07. The predicted molar refractivity (Wildman–Crippen MR) is 78.2 cm³/mol. The Morgan fingerprint density at radius 2 is 2.10 bits per heavy atom. The number of amides is 2. The number of aryl methyl sites for hydroxylation is 1. The van der Waals surface area contributed by atoms with E-state index in [4.69, 9.17) is 5.73 Å². The highest BCUT2D eigenvalue weighted by atomic mass is 16.2. The second kappa shape index (κ2) is 6.93. The van der Waals surface area contributed by atoms with Crippen molar-refractivity contribution in [3.63, 3.8) is 0 Å². The number of unbranched alkanes of at least 4 members (excludes halogenated alkanes) is 1. The summed E-state index contributed by atoms with van der Waals surface area (Å²) in [6, 6.07) is 7.90. The number of rotatable bonds is 6. The molecule has 1 aliphatic heterocycles. The smallest absolute Gasteiger partial charge is 0.242 e. The molecule has 0 saturated heterocycles. The number of fused-ring (bicyclic) bond motifs is 1. The monoisotopic (exact) mass is 275 g/mol. The van der Waals surface area contributed by atoms with Gasteiger partial charge < -0.3 is 16.4 Å². The van der Waals surface area contributed by atoms with Crippen molar-refractivity contribution in [3.8, 4) is 0 Å². The van der Waals surface area contributed by atoms with Crippen LogP contribution in [0.3, 0.4) is 0 Å². The summed E-state index contributed by atoms with van der Waals surface area (Å²) in [7, 11) is 0. The number of hydrogen-bond acceptors (Lipinski definition) is 3. The fourth-order valence-electron chi connectivity index (χ4n) is 2.39. The summed E-state index contributed by atoms with van der Waals surface area (Å²) in [5.41, 5.74) is 7.37. The molecule has 1 aromatic carbocycles. The van der Waals surface area contributed by atoms with Crippen LogP contribution in [0.5, 0.6) is 0 Å². The summed E-state index contributed by atoms with van der Waals surface area (Å²) in [5.74, 6) is -0.263. The molecule has 5 nitrogen and oxygen atoms in total. The number of anilines is 1. The summed E-state index contributed by atoms with van der Waals surface area (Å²) in [6.45, 7) is 0.589. The molecule has 1 atom stereocenters. The lowest BCUT2D eigenvalue weighted by molar-refractivity contribution is -0.122. The summed E-state index contributed by atoms with van der Waals surface area (Å²) in [5, 5.41) is 6.17. The van der Waals surface area contributed by atoms with Crippen molar-refractivity contribution < 1.29 is 9.59 Å². The molecule has 1 unspecified atom stereocenters. The van der Waals surface area contributed by atoms with Crippen LogP contribution in [0, 0.1) is 0 Å². The largest absolute Gasteiger partial charge is 0.373 e. The number of carbonyl (C=O) groups excluding carboxylic acids is 2. The highest BCUT2D eigenvalue weighted by Crippen LogP contribution is 2.24. The van der Waals surface area contributed by atoms with Crippen LogP contribution < -0.4 is 16.4 Å². The van der Waals surface area contributed by atoms with Crippen LogP contribution in [0.4, 0.5) is 5.69 Å². The quantitative estimate of drug-likeness (QED) is 0.682. The van der Waals surface area contributed by atoms with E-state index in [2.05, 4.69) is 16.7 Å². The van der Waals surface area contributed by atoms with E-state index in [1.165, 1.54) is 5.56 Å².